The predicted octanol–water partition coefficient (Wildman–Crippen LogP) is 2.33. The number of carbonyl (C=O) groups excluding carboxylic acids is 2. The number of hydrogen-bond acceptors (Lipinski definition) is 3. The van der Waals surface area contributed by atoms with Crippen molar-refractivity contribution in [3.63, 3.8) is 0 Å². The van der Waals surface area contributed by atoms with Gasteiger partial charge in [-0.15, -0.1) is 0 Å². The second kappa shape index (κ2) is 6.76. The molecule has 4 rings (SSSR count). The number of rotatable bonds is 3. The molecule has 0 aliphatic carbocycles. The molecule has 6 nitrogen and oxygen atoms in total. The number of nitrogens with zero attached hydrogens (tertiary/aromatic N) is 2. The molecule has 0 unspecified atom stereocenters. The number of aromatic nitrogens is 1. The van der Waals surface area contributed by atoms with Crippen molar-refractivity contribution < 1.29 is 14.3 Å². The average Bonchev–Trinajstić information content (AvgIpc) is 3.37. The zero-order valence-electron chi connectivity index (χ0n) is 15.3. The quantitative estimate of drug-likeness (QED) is 0.919. The number of aromatic amines is 1. The van der Waals surface area contributed by atoms with Crippen LogP contribution in [0.25, 0.3) is 10.9 Å². The maximum Gasteiger partial charge on any atom is 0.271 e. The summed E-state index contributed by atoms with van der Waals surface area (Å²) in [5.41, 5.74) is 2.61. The Labute approximate surface area is 153 Å². The Bertz CT molecular complexity index is 838. The van der Waals surface area contributed by atoms with Crippen molar-refractivity contribution in [2.75, 3.05) is 26.7 Å². The summed E-state index contributed by atoms with van der Waals surface area (Å²) >= 11 is 0. The van der Waals surface area contributed by atoms with E-state index in [9.17, 15) is 9.59 Å². The third-order valence-corrected chi connectivity index (χ3v) is 5.57. The molecule has 0 bridgehead atoms. The highest BCUT2D eigenvalue weighted by Gasteiger charge is 2.42. The van der Waals surface area contributed by atoms with E-state index in [0.717, 1.165) is 42.4 Å². The van der Waals surface area contributed by atoms with Gasteiger partial charge >= 0.3 is 0 Å². The van der Waals surface area contributed by atoms with Gasteiger partial charge < -0.3 is 19.5 Å². The van der Waals surface area contributed by atoms with Crippen LogP contribution in [-0.4, -0.2) is 65.5 Å². The Morgan fingerprint density at radius 3 is 2.69 bits per heavy atom. The fraction of sp³-hybridized carbons (Fsp3) is 0.500. The largest absolute Gasteiger partial charge is 0.380 e. The molecule has 2 atom stereocenters. The number of fused-ring (bicyclic) bond motifs is 1. The van der Waals surface area contributed by atoms with E-state index < -0.39 is 6.04 Å². The summed E-state index contributed by atoms with van der Waals surface area (Å²) in [5, 5.41) is 1.00. The second-order valence-electron chi connectivity index (χ2n) is 7.37. The average molecular weight is 355 g/mol. The first-order valence-corrected chi connectivity index (χ1v) is 9.29. The van der Waals surface area contributed by atoms with Gasteiger partial charge in [0.15, 0.2) is 0 Å². The van der Waals surface area contributed by atoms with Crippen LogP contribution in [0.2, 0.25) is 0 Å². The lowest BCUT2D eigenvalue weighted by Crippen LogP contribution is -2.47. The standard InChI is InChI=1S/C20H25N3O3/c1-13-5-6-14-10-17(21-16(14)9-13)19(24)23-12-15(26-2)11-18(23)20(25)22-7-3-4-8-22/h5-6,9-10,15,18,21H,3-4,7-8,11-12H2,1-2H3/t15-,18-/m0/s1. The van der Waals surface area contributed by atoms with Crippen LogP contribution < -0.4 is 0 Å². The minimum Gasteiger partial charge on any atom is -0.380 e. The summed E-state index contributed by atoms with van der Waals surface area (Å²) in [6.07, 6.45) is 2.56. The van der Waals surface area contributed by atoms with Crippen molar-refractivity contribution in [1.82, 2.24) is 14.8 Å². The normalized spacial score (nSPS) is 23.2. The summed E-state index contributed by atoms with van der Waals surface area (Å²) in [7, 11) is 1.64. The van der Waals surface area contributed by atoms with Gasteiger partial charge in [-0.3, -0.25) is 9.59 Å². The molecule has 26 heavy (non-hydrogen) atoms. The van der Waals surface area contributed by atoms with E-state index >= 15 is 0 Å². The van der Waals surface area contributed by atoms with Crippen molar-refractivity contribution in [1.29, 1.82) is 0 Å². The number of amides is 2. The van der Waals surface area contributed by atoms with Crippen molar-refractivity contribution in [3.05, 3.63) is 35.5 Å². The van der Waals surface area contributed by atoms with Crippen molar-refractivity contribution in [3.8, 4) is 0 Å². The van der Waals surface area contributed by atoms with Gasteiger partial charge in [0.25, 0.3) is 5.91 Å². The van der Waals surface area contributed by atoms with E-state index in [1.54, 1.807) is 12.0 Å². The lowest BCUT2D eigenvalue weighted by atomic mass is 10.1. The van der Waals surface area contributed by atoms with E-state index in [1.165, 1.54) is 0 Å². The molecule has 1 aromatic heterocycles. The molecule has 138 valence electrons. The molecule has 2 amide bonds. The van der Waals surface area contributed by atoms with Crippen molar-refractivity contribution in [2.24, 2.45) is 0 Å². The topological polar surface area (TPSA) is 65.6 Å². The van der Waals surface area contributed by atoms with Crippen LogP contribution in [-0.2, 0) is 9.53 Å². The fourth-order valence-corrected chi connectivity index (χ4v) is 4.09. The summed E-state index contributed by atoms with van der Waals surface area (Å²) in [6.45, 7) is 4.06. The third kappa shape index (κ3) is 2.98. The maximum atomic E-state index is 13.2. The van der Waals surface area contributed by atoms with Crippen LogP contribution in [0, 0.1) is 6.92 Å². The number of ether oxygens (including phenoxy) is 1. The van der Waals surface area contributed by atoms with E-state index in [2.05, 4.69) is 4.98 Å². The lowest BCUT2D eigenvalue weighted by Gasteiger charge is -2.27. The molecule has 2 aliphatic heterocycles. The highest BCUT2D eigenvalue weighted by atomic mass is 16.5. The van der Waals surface area contributed by atoms with Crippen molar-refractivity contribution >= 4 is 22.7 Å². The first-order chi connectivity index (χ1) is 12.6. The zero-order chi connectivity index (χ0) is 18.3. The maximum absolute atomic E-state index is 13.2. The number of nitrogens with one attached hydrogen (secondary N) is 1. The Morgan fingerprint density at radius 1 is 1.19 bits per heavy atom. The van der Waals surface area contributed by atoms with E-state index in [0.29, 0.717) is 18.7 Å². The molecule has 0 spiro atoms. The number of aryl methyl sites for hydroxylation is 1. The van der Waals surface area contributed by atoms with Gasteiger partial charge in [-0.05, 0) is 37.5 Å². The van der Waals surface area contributed by atoms with Gasteiger partial charge in [0.1, 0.15) is 11.7 Å². The minimum absolute atomic E-state index is 0.0577. The molecule has 1 aromatic carbocycles. The van der Waals surface area contributed by atoms with Gasteiger partial charge in [-0.25, -0.2) is 0 Å². The molecule has 2 aliphatic rings. The fourth-order valence-electron chi connectivity index (χ4n) is 4.09. The molecule has 6 heteroatoms. The second-order valence-corrected chi connectivity index (χ2v) is 7.37. The van der Waals surface area contributed by atoms with Gasteiger partial charge in [0.05, 0.1) is 6.10 Å². The molecule has 2 saturated heterocycles. The molecule has 3 heterocycles. The number of H-pyrrole nitrogens is 1. The van der Waals surface area contributed by atoms with Crippen LogP contribution in [0.3, 0.4) is 0 Å². The Hall–Kier alpha value is -2.34. The SMILES string of the molecule is CO[C@H]1C[C@@H](C(=O)N2CCCC2)N(C(=O)c2cc3ccc(C)cc3[nH]2)C1. The number of carbonyl (C=O) groups is 2. The summed E-state index contributed by atoms with van der Waals surface area (Å²) in [5.74, 6) is -0.0710. The molecule has 0 radical (unpaired) electrons. The first-order valence-electron chi connectivity index (χ1n) is 9.29. The number of hydrogen-bond donors (Lipinski definition) is 1. The highest BCUT2D eigenvalue weighted by molar-refractivity contribution is 6.00. The predicted molar refractivity (Wildman–Crippen MR) is 99.1 cm³/mol. The van der Waals surface area contributed by atoms with Gasteiger partial charge in [-0.2, -0.15) is 0 Å². The molecular weight excluding hydrogens is 330 g/mol. The van der Waals surface area contributed by atoms with E-state index in [1.807, 2.05) is 36.1 Å². The summed E-state index contributed by atoms with van der Waals surface area (Å²) in [4.78, 5) is 32.9. The Kier molecular flexibility index (Phi) is 4.44. The summed E-state index contributed by atoms with van der Waals surface area (Å²) < 4.78 is 5.47. The Morgan fingerprint density at radius 2 is 1.96 bits per heavy atom. The first kappa shape index (κ1) is 17.1. The number of methoxy groups -OCH3 is 1. The third-order valence-electron chi connectivity index (χ3n) is 5.57. The monoisotopic (exact) mass is 355 g/mol. The van der Waals surface area contributed by atoms with E-state index in [-0.39, 0.29) is 17.9 Å². The van der Waals surface area contributed by atoms with Crippen LogP contribution in [0.5, 0.6) is 0 Å². The van der Waals surface area contributed by atoms with Gasteiger partial charge in [-0.1, -0.05) is 12.1 Å². The van der Waals surface area contributed by atoms with Crippen LogP contribution in [0.1, 0.15) is 35.3 Å². The zero-order valence-corrected chi connectivity index (χ0v) is 15.3. The highest BCUT2D eigenvalue weighted by Crippen LogP contribution is 2.26. The van der Waals surface area contributed by atoms with Gasteiger partial charge in [0, 0.05) is 44.1 Å². The lowest BCUT2D eigenvalue weighted by molar-refractivity contribution is -0.134. The molecule has 2 fully saturated rings. The minimum atomic E-state index is -0.432. The Balaban J connectivity index is 1.61. The molecule has 2 aromatic rings. The smallest absolute Gasteiger partial charge is 0.271 e. The van der Waals surface area contributed by atoms with Crippen LogP contribution in [0.15, 0.2) is 24.3 Å². The molecule has 1 N–H and O–H groups in total. The van der Waals surface area contributed by atoms with Crippen LogP contribution in [0.4, 0.5) is 0 Å². The summed E-state index contributed by atoms with van der Waals surface area (Å²) in [6, 6.07) is 7.50. The number of likely N-dealkylation sites (tertiary alicyclic amines) is 2. The van der Waals surface area contributed by atoms with Gasteiger partial charge in [0.2, 0.25) is 5.91 Å². The molecular formula is C20H25N3O3. The number of benzene rings is 1. The van der Waals surface area contributed by atoms with E-state index in [4.69, 9.17) is 4.74 Å². The van der Waals surface area contributed by atoms with Crippen molar-refractivity contribution in [2.45, 2.75) is 38.3 Å². The molecule has 0 saturated carbocycles. The van der Waals surface area contributed by atoms with Crippen LogP contribution >= 0.6 is 0 Å².